The molecule has 1 heterocycles. The summed E-state index contributed by atoms with van der Waals surface area (Å²) in [5, 5.41) is 4.93. The fraction of sp³-hybridized carbons (Fsp3) is 0. The van der Waals surface area contributed by atoms with Crippen LogP contribution in [0.5, 0.6) is 0 Å². The Morgan fingerprint density at radius 1 is 0.800 bits per heavy atom. The molecule has 0 bridgehead atoms. The van der Waals surface area contributed by atoms with Crippen LogP contribution in [-0.4, -0.2) is 18.2 Å². The number of rotatable bonds is 0. The van der Waals surface area contributed by atoms with Crippen molar-refractivity contribution in [2.75, 3.05) is 0 Å². The molecular formula is C12H10OSi2. The molecule has 72 valence electrons. The lowest BCUT2D eigenvalue weighted by Gasteiger charge is -2.16. The fourth-order valence-electron chi connectivity index (χ4n) is 2.14. The third kappa shape index (κ3) is 1.35. The molecule has 0 atom stereocenters. The van der Waals surface area contributed by atoms with Gasteiger partial charge in [-0.25, -0.2) is 0 Å². The molecule has 0 aliphatic carbocycles. The van der Waals surface area contributed by atoms with E-state index in [4.69, 9.17) is 0 Å². The van der Waals surface area contributed by atoms with E-state index >= 15 is 0 Å². The van der Waals surface area contributed by atoms with Crippen LogP contribution in [0.25, 0.3) is 0 Å². The van der Waals surface area contributed by atoms with E-state index in [2.05, 4.69) is 24.3 Å². The number of fused-ring (bicyclic) bond motifs is 2. The summed E-state index contributed by atoms with van der Waals surface area (Å²) in [5.41, 5.74) is 0. The lowest BCUT2D eigenvalue weighted by Crippen LogP contribution is -2.59. The zero-order valence-electron chi connectivity index (χ0n) is 8.23. The second-order valence-electron chi connectivity index (χ2n) is 3.82. The van der Waals surface area contributed by atoms with Crippen molar-refractivity contribution >= 4 is 38.9 Å². The Balaban J connectivity index is 2.24. The van der Waals surface area contributed by atoms with Crippen LogP contribution >= 0.6 is 0 Å². The minimum atomic E-state index is -1.72. The quantitative estimate of drug-likeness (QED) is 0.434. The molecule has 2 aromatic rings. The topological polar surface area (TPSA) is 17.1 Å². The van der Waals surface area contributed by atoms with Crippen LogP contribution in [0.3, 0.4) is 0 Å². The average molecular weight is 226 g/mol. The zero-order chi connectivity index (χ0) is 10.3. The maximum absolute atomic E-state index is 12.3. The number of hydrogen-bond acceptors (Lipinski definition) is 1. The maximum Gasteiger partial charge on any atom is 0.346 e. The normalized spacial score (nSPS) is 13.2. The first-order chi connectivity index (χ1) is 7.36. The van der Waals surface area contributed by atoms with Crippen LogP contribution in [0.2, 0.25) is 0 Å². The first-order valence-electron chi connectivity index (χ1n) is 5.07. The van der Waals surface area contributed by atoms with E-state index in [1.165, 1.54) is 10.4 Å². The zero-order valence-corrected chi connectivity index (χ0v) is 10.6. The van der Waals surface area contributed by atoms with Crippen LogP contribution in [0.1, 0.15) is 0 Å². The third-order valence-electron chi connectivity index (χ3n) is 2.90. The predicted molar refractivity (Wildman–Crippen MR) is 66.4 cm³/mol. The van der Waals surface area contributed by atoms with Gasteiger partial charge in [-0.15, -0.1) is 0 Å². The van der Waals surface area contributed by atoms with Gasteiger partial charge in [0, 0.05) is 0 Å². The standard InChI is InChI=1S/C12H10OSi2/c13-15-11-7-3-1-5-9(11)14-10-6-2-4-8-12(10)15/h1-8H,14H2. The van der Waals surface area contributed by atoms with Crippen molar-refractivity contribution in [1.82, 2.24) is 0 Å². The van der Waals surface area contributed by atoms with Gasteiger partial charge in [0.25, 0.3) is 0 Å². The van der Waals surface area contributed by atoms with Crippen molar-refractivity contribution in [2.24, 2.45) is 0 Å². The van der Waals surface area contributed by atoms with Crippen molar-refractivity contribution in [3.8, 4) is 0 Å². The highest BCUT2D eigenvalue weighted by Crippen LogP contribution is 1.89. The molecule has 0 aromatic heterocycles. The van der Waals surface area contributed by atoms with Crippen LogP contribution in [0, 0.1) is 0 Å². The highest BCUT2D eigenvalue weighted by molar-refractivity contribution is 6.89. The van der Waals surface area contributed by atoms with E-state index in [0.29, 0.717) is 0 Å². The molecule has 3 rings (SSSR count). The van der Waals surface area contributed by atoms with Crippen molar-refractivity contribution in [3.05, 3.63) is 48.5 Å². The minimum Gasteiger partial charge on any atom is -0.376 e. The van der Waals surface area contributed by atoms with Gasteiger partial charge >= 0.3 is 8.68 Å². The van der Waals surface area contributed by atoms with E-state index in [1.807, 2.05) is 24.3 Å². The molecule has 0 saturated heterocycles. The van der Waals surface area contributed by atoms with E-state index in [0.717, 1.165) is 10.4 Å². The molecule has 0 saturated carbocycles. The summed E-state index contributed by atoms with van der Waals surface area (Å²) in [4.78, 5) is 0. The van der Waals surface area contributed by atoms with Gasteiger partial charge in [0.1, 0.15) is 0 Å². The highest BCUT2D eigenvalue weighted by Gasteiger charge is 2.23. The largest absolute Gasteiger partial charge is 0.376 e. The molecule has 1 nitrogen and oxygen atoms in total. The second-order valence-corrected chi connectivity index (χ2v) is 7.43. The van der Waals surface area contributed by atoms with Gasteiger partial charge in [0.05, 0.1) is 9.52 Å². The Morgan fingerprint density at radius 2 is 1.27 bits per heavy atom. The molecular weight excluding hydrogens is 216 g/mol. The molecule has 3 heteroatoms. The maximum atomic E-state index is 12.3. The monoisotopic (exact) mass is 226 g/mol. The minimum absolute atomic E-state index is 0.401. The first-order valence-corrected chi connectivity index (χ1v) is 7.89. The van der Waals surface area contributed by atoms with E-state index in [-0.39, 0.29) is 0 Å². The summed E-state index contributed by atoms with van der Waals surface area (Å²) in [7, 11) is -2.12. The lowest BCUT2D eigenvalue weighted by molar-refractivity contribution is 0.576. The first kappa shape index (κ1) is 8.94. The molecule has 0 spiro atoms. The van der Waals surface area contributed by atoms with Crippen LogP contribution in [0.15, 0.2) is 48.5 Å². The fourth-order valence-corrected chi connectivity index (χ4v) is 6.71. The van der Waals surface area contributed by atoms with Crippen molar-refractivity contribution in [3.63, 3.8) is 0 Å². The number of benzene rings is 2. The summed E-state index contributed by atoms with van der Waals surface area (Å²) in [6.07, 6.45) is 0. The molecule has 0 unspecified atom stereocenters. The van der Waals surface area contributed by atoms with E-state index in [1.54, 1.807) is 0 Å². The summed E-state index contributed by atoms with van der Waals surface area (Å²) < 4.78 is 12.3. The Kier molecular flexibility index (Phi) is 2.00. The molecule has 1 aliphatic heterocycles. The summed E-state index contributed by atoms with van der Waals surface area (Å²) in [6.45, 7) is 0. The smallest absolute Gasteiger partial charge is 0.346 e. The lowest BCUT2D eigenvalue weighted by atomic mass is 10.3. The van der Waals surface area contributed by atoms with Crippen LogP contribution in [-0.2, 0) is 4.46 Å². The van der Waals surface area contributed by atoms with Crippen LogP contribution in [0.4, 0.5) is 0 Å². The molecule has 15 heavy (non-hydrogen) atoms. The van der Waals surface area contributed by atoms with Crippen molar-refractivity contribution in [2.45, 2.75) is 0 Å². The molecule has 1 aliphatic rings. The van der Waals surface area contributed by atoms with Crippen molar-refractivity contribution in [1.29, 1.82) is 0 Å². The molecule has 0 fully saturated rings. The number of hydrogen-bond donors (Lipinski definition) is 0. The van der Waals surface area contributed by atoms with E-state index in [9.17, 15) is 4.46 Å². The molecule has 0 N–H and O–H groups in total. The summed E-state index contributed by atoms with van der Waals surface area (Å²) in [5.74, 6) is 0. The van der Waals surface area contributed by atoms with Gasteiger partial charge in [-0.2, -0.15) is 0 Å². The van der Waals surface area contributed by atoms with Gasteiger partial charge in [0.2, 0.25) is 0 Å². The third-order valence-corrected chi connectivity index (χ3v) is 7.56. The van der Waals surface area contributed by atoms with Gasteiger partial charge < -0.3 is 4.46 Å². The summed E-state index contributed by atoms with van der Waals surface area (Å²) in [6, 6.07) is 16.4. The Labute approximate surface area is 92.3 Å². The summed E-state index contributed by atoms with van der Waals surface area (Å²) >= 11 is 0. The van der Waals surface area contributed by atoms with E-state index < -0.39 is 18.2 Å². The van der Waals surface area contributed by atoms with Gasteiger partial charge in [-0.05, 0) is 10.4 Å². The highest BCUT2D eigenvalue weighted by atomic mass is 28.3. The van der Waals surface area contributed by atoms with Crippen molar-refractivity contribution < 1.29 is 4.46 Å². The van der Waals surface area contributed by atoms with Gasteiger partial charge in [0.15, 0.2) is 0 Å². The Hall–Kier alpha value is -1.33. The van der Waals surface area contributed by atoms with Gasteiger partial charge in [-0.3, -0.25) is 0 Å². The predicted octanol–water partition coefficient (Wildman–Crippen LogP) is -1.34. The molecule has 0 radical (unpaired) electrons. The molecule has 0 amide bonds. The Morgan fingerprint density at radius 3 is 1.80 bits per heavy atom. The average Bonchev–Trinajstić information content (AvgIpc) is 2.30. The Bertz CT molecular complexity index is 501. The SMILES string of the molecule is O=[Si]1c2ccccc2[SiH2]c2ccccc21. The van der Waals surface area contributed by atoms with Crippen LogP contribution < -0.4 is 20.7 Å². The molecule has 2 aromatic carbocycles. The second kappa shape index (κ2) is 3.36. The van der Waals surface area contributed by atoms with Gasteiger partial charge in [-0.1, -0.05) is 58.9 Å².